The first-order valence-corrected chi connectivity index (χ1v) is 7.92. The lowest BCUT2D eigenvalue weighted by molar-refractivity contribution is 0.462. The molecule has 0 aromatic carbocycles. The average Bonchev–Trinajstić information content (AvgIpc) is 3.02. The van der Waals surface area contributed by atoms with Crippen molar-refractivity contribution in [3.8, 4) is 11.3 Å². The first-order valence-electron chi connectivity index (χ1n) is 7.92. The summed E-state index contributed by atoms with van der Waals surface area (Å²) in [6, 6.07) is 6.44. The number of aromatic nitrogens is 4. The molecule has 112 valence electrons. The Balaban J connectivity index is 1.76. The highest BCUT2D eigenvalue weighted by atomic mass is 15.1. The molecule has 0 amide bonds. The number of anilines is 1. The Kier molecular flexibility index (Phi) is 3.46. The largest absolute Gasteiger partial charge is 0.367 e. The van der Waals surface area contributed by atoms with Gasteiger partial charge in [0.2, 0.25) is 0 Å². The van der Waals surface area contributed by atoms with Gasteiger partial charge < -0.3 is 5.32 Å². The molecular formula is C17H19N5. The van der Waals surface area contributed by atoms with Crippen LogP contribution in [0.25, 0.3) is 22.2 Å². The van der Waals surface area contributed by atoms with Gasteiger partial charge in [0.15, 0.2) is 0 Å². The fraction of sp³-hybridized carbons (Fsp3) is 0.353. The van der Waals surface area contributed by atoms with E-state index >= 15 is 0 Å². The summed E-state index contributed by atoms with van der Waals surface area (Å²) in [6.45, 7) is 0. The van der Waals surface area contributed by atoms with Gasteiger partial charge in [0.1, 0.15) is 11.5 Å². The molecule has 3 aromatic rings. The lowest BCUT2D eigenvalue weighted by Gasteiger charge is -2.23. The molecule has 2 N–H and O–H groups in total. The Labute approximate surface area is 129 Å². The van der Waals surface area contributed by atoms with E-state index in [1.54, 1.807) is 6.20 Å². The number of hydrogen-bond acceptors (Lipinski definition) is 4. The lowest BCUT2D eigenvalue weighted by atomic mass is 9.95. The minimum absolute atomic E-state index is 0.517. The van der Waals surface area contributed by atoms with Crippen molar-refractivity contribution in [3.05, 3.63) is 36.8 Å². The third kappa shape index (κ3) is 2.43. The molecule has 1 aliphatic carbocycles. The predicted octanol–water partition coefficient (Wildman–Crippen LogP) is 3.76. The summed E-state index contributed by atoms with van der Waals surface area (Å²) in [5.41, 5.74) is 2.93. The van der Waals surface area contributed by atoms with Crippen molar-refractivity contribution in [1.29, 1.82) is 0 Å². The maximum absolute atomic E-state index is 4.57. The lowest BCUT2D eigenvalue weighted by Crippen LogP contribution is -2.22. The number of nitrogens with one attached hydrogen (secondary N) is 2. The van der Waals surface area contributed by atoms with Crippen molar-refractivity contribution >= 4 is 16.7 Å². The van der Waals surface area contributed by atoms with Crippen molar-refractivity contribution in [1.82, 2.24) is 20.2 Å². The van der Waals surface area contributed by atoms with Crippen molar-refractivity contribution in [2.75, 3.05) is 5.32 Å². The summed E-state index contributed by atoms with van der Waals surface area (Å²) < 4.78 is 0. The second-order valence-corrected chi connectivity index (χ2v) is 5.88. The number of H-pyrrole nitrogens is 1. The minimum Gasteiger partial charge on any atom is -0.367 e. The van der Waals surface area contributed by atoms with Crippen LogP contribution in [0.4, 0.5) is 5.82 Å². The van der Waals surface area contributed by atoms with Crippen molar-refractivity contribution in [3.63, 3.8) is 0 Å². The van der Waals surface area contributed by atoms with Gasteiger partial charge in [-0.2, -0.15) is 5.10 Å². The van der Waals surface area contributed by atoms with Crippen LogP contribution in [0.5, 0.6) is 0 Å². The van der Waals surface area contributed by atoms with Crippen LogP contribution in [0, 0.1) is 0 Å². The average molecular weight is 293 g/mol. The van der Waals surface area contributed by atoms with Gasteiger partial charge in [-0.3, -0.25) is 10.1 Å². The van der Waals surface area contributed by atoms with Crippen LogP contribution in [-0.2, 0) is 0 Å². The Hall–Kier alpha value is -2.43. The number of pyridine rings is 2. The van der Waals surface area contributed by atoms with E-state index in [0.717, 1.165) is 28.0 Å². The van der Waals surface area contributed by atoms with Gasteiger partial charge >= 0.3 is 0 Å². The topological polar surface area (TPSA) is 66.5 Å². The number of hydrogen-bond donors (Lipinski definition) is 2. The third-order valence-corrected chi connectivity index (χ3v) is 4.36. The SMILES string of the molecule is c1cncc(-c2n[nH]c3ccnc(NC4CCCCC4)c23)c1. The second-order valence-electron chi connectivity index (χ2n) is 5.88. The van der Waals surface area contributed by atoms with Crippen LogP contribution >= 0.6 is 0 Å². The van der Waals surface area contributed by atoms with Gasteiger partial charge in [0, 0.05) is 30.2 Å². The molecule has 0 atom stereocenters. The maximum atomic E-state index is 4.57. The number of rotatable bonds is 3. The van der Waals surface area contributed by atoms with E-state index in [2.05, 4.69) is 25.5 Å². The first-order chi connectivity index (χ1) is 10.9. The third-order valence-electron chi connectivity index (χ3n) is 4.36. The predicted molar refractivity (Wildman–Crippen MR) is 87.6 cm³/mol. The van der Waals surface area contributed by atoms with Crippen LogP contribution in [0.2, 0.25) is 0 Å². The van der Waals surface area contributed by atoms with E-state index in [1.165, 1.54) is 32.1 Å². The Bertz CT molecular complexity index is 759. The molecule has 1 saturated carbocycles. The van der Waals surface area contributed by atoms with Crippen molar-refractivity contribution < 1.29 is 0 Å². The van der Waals surface area contributed by atoms with Gasteiger partial charge in [-0.15, -0.1) is 0 Å². The van der Waals surface area contributed by atoms with E-state index < -0.39 is 0 Å². The van der Waals surface area contributed by atoms with Crippen LogP contribution in [-0.4, -0.2) is 26.2 Å². The first kappa shape index (κ1) is 13.2. The Morgan fingerprint density at radius 2 is 2.00 bits per heavy atom. The van der Waals surface area contributed by atoms with E-state index in [-0.39, 0.29) is 0 Å². The van der Waals surface area contributed by atoms with Crippen LogP contribution in [0.1, 0.15) is 32.1 Å². The van der Waals surface area contributed by atoms with Gasteiger partial charge in [0.25, 0.3) is 0 Å². The van der Waals surface area contributed by atoms with Crippen LogP contribution in [0.15, 0.2) is 36.8 Å². The summed E-state index contributed by atoms with van der Waals surface area (Å²) in [5.74, 6) is 0.928. The highest BCUT2D eigenvalue weighted by Crippen LogP contribution is 2.31. The number of aromatic amines is 1. The fourth-order valence-electron chi connectivity index (χ4n) is 3.23. The normalized spacial score (nSPS) is 16.0. The van der Waals surface area contributed by atoms with Gasteiger partial charge in [-0.1, -0.05) is 19.3 Å². The molecule has 0 spiro atoms. The van der Waals surface area contributed by atoms with Gasteiger partial charge in [-0.05, 0) is 31.0 Å². The Morgan fingerprint density at radius 3 is 2.82 bits per heavy atom. The highest BCUT2D eigenvalue weighted by Gasteiger charge is 2.18. The molecule has 22 heavy (non-hydrogen) atoms. The van der Waals surface area contributed by atoms with Crippen molar-refractivity contribution in [2.45, 2.75) is 38.1 Å². The minimum atomic E-state index is 0.517. The smallest absolute Gasteiger partial charge is 0.137 e. The molecule has 3 heterocycles. The summed E-state index contributed by atoms with van der Waals surface area (Å²) in [4.78, 5) is 8.77. The Morgan fingerprint density at radius 1 is 1.09 bits per heavy atom. The number of fused-ring (bicyclic) bond motifs is 1. The summed E-state index contributed by atoms with van der Waals surface area (Å²) in [7, 11) is 0. The fourth-order valence-corrected chi connectivity index (χ4v) is 3.23. The molecule has 5 nitrogen and oxygen atoms in total. The van der Waals surface area contributed by atoms with Crippen molar-refractivity contribution in [2.24, 2.45) is 0 Å². The molecule has 0 aliphatic heterocycles. The maximum Gasteiger partial charge on any atom is 0.137 e. The molecule has 3 aromatic heterocycles. The summed E-state index contributed by atoms with van der Waals surface area (Å²) in [6.07, 6.45) is 11.8. The molecule has 1 fully saturated rings. The molecule has 5 heteroatoms. The van der Waals surface area contributed by atoms with E-state index in [9.17, 15) is 0 Å². The quantitative estimate of drug-likeness (QED) is 0.771. The molecule has 0 radical (unpaired) electrons. The molecule has 4 rings (SSSR count). The van der Waals surface area contributed by atoms with Crippen LogP contribution in [0.3, 0.4) is 0 Å². The zero-order valence-corrected chi connectivity index (χ0v) is 12.4. The monoisotopic (exact) mass is 293 g/mol. The molecule has 1 aliphatic rings. The molecule has 0 unspecified atom stereocenters. The molecular weight excluding hydrogens is 274 g/mol. The zero-order chi connectivity index (χ0) is 14.8. The summed E-state index contributed by atoms with van der Waals surface area (Å²) >= 11 is 0. The number of nitrogens with zero attached hydrogens (tertiary/aromatic N) is 3. The van der Waals surface area contributed by atoms with Gasteiger partial charge in [0.05, 0.1) is 10.9 Å². The highest BCUT2D eigenvalue weighted by molar-refractivity contribution is 6.00. The van der Waals surface area contributed by atoms with E-state index in [1.807, 2.05) is 30.6 Å². The van der Waals surface area contributed by atoms with Gasteiger partial charge in [-0.25, -0.2) is 4.98 Å². The van der Waals surface area contributed by atoms with E-state index in [4.69, 9.17) is 0 Å². The van der Waals surface area contributed by atoms with E-state index in [0.29, 0.717) is 6.04 Å². The zero-order valence-electron chi connectivity index (χ0n) is 12.4. The summed E-state index contributed by atoms with van der Waals surface area (Å²) in [5, 5.41) is 12.3. The molecule has 0 saturated heterocycles. The molecule has 0 bridgehead atoms. The standard InChI is InChI=1S/C17H19N5/c1-2-6-13(7-3-1)20-17-15-14(8-10-19-17)21-22-16(15)12-5-4-9-18-11-12/h4-5,8-11,13H,1-3,6-7H2,(H,19,20)(H,21,22). The van der Waals surface area contributed by atoms with Crippen LogP contribution < -0.4 is 5.32 Å². The second kappa shape index (κ2) is 5.75.